The number of amides is 1. The number of rotatable bonds is 8. The van der Waals surface area contributed by atoms with Gasteiger partial charge in [-0.2, -0.15) is 4.98 Å². The first-order chi connectivity index (χ1) is 13.7. The van der Waals surface area contributed by atoms with E-state index in [1.807, 2.05) is 36.4 Å². The van der Waals surface area contributed by atoms with E-state index in [-0.39, 0.29) is 5.91 Å². The van der Waals surface area contributed by atoms with Crippen molar-refractivity contribution in [2.45, 2.75) is 39.2 Å². The van der Waals surface area contributed by atoms with Crippen LogP contribution in [0.1, 0.15) is 37.2 Å². The van der Waals surface area contributed by atoms with E-state index in [0.717, 1.165) is 28.1 Å². The molecule has 0 aliphatic heterocycles. The van der Waals surface area contributed by atoms with E-state index < -0.39 is 0 Å². The molecule has 1 N–H and O–H groups in total. The lowest BCUT2D eigenvalue weighted by Gasteiger charge is -2.01. The smallest absolute Gasteiger partial charge is 0.227 e. The molecule has 0 atom stereocenters. The highest BCUT2D eigenvalue weighted by Gasteiger charge is 2.12. The fraction of sp³-hybridized carbons (Fsp3) is 0.300. The van der Waals surface area contributed by atoms with Crippen molar-refractivity contribution < 1.29 is 13.7 Å². The number of carbonyl (C=O) groups is 1. The third-order valence-electron chi connectivity index (χ3n) is 4.18. The number of thiazole rings is 1. The second-order valence-corrected chi connectivity index (χ2v) is 7.41. The summed E-state index contributed by atoms with van der Waals surface area (Å²) in [5.74, 6) is 2.49. The fourth-order valence-electron chi connectivity index (χ4n) is 2.78. The van der Waals surface area contributed by atoms with E-state index in [2.05, 4.69) is 27.4 Å². The number of aromatic nitrogens is 3. The number of nitrogens with zero attached hydrogens (tertiary/aromatic N) is 3. The van der Waals surface area contributed by atoms with Crippen molar-refractivity contribution in [3.8, 4) is 10.8 Å². The first-order valence-corrected chi connectivity index (χ1v) is 10.1. The van der Waals surface area contributed by atoms with Crippen molar-refractivity contribution in [1.29, 1.82) is 0 Å². The number of para-hydroxylation sites is 1. The minimum Gasteiger partial charge on any atom is -0.457 e. The largest absolute Gasteiger partial charge is 0.457 e. The van der Waals surface area contributed by atoms with Crippen molar-refractivity contribution in [2.75, 3.05) is 0 Å². The Bertz CT molecular complexity index is 1050. The van der Waals surface area contributed by atoms with E-state index >= 15 is 0 Å². The van der Waals surface area contributed by atoms with Gasteiger partial charge in [-0.25, -0.2) is 4.98 Å². The van der Waals surface area contributed by atoms with Crippen molar-refractivity contribution in [1.82, 2.24) is 20.4 Å². The first-order valence-electron chi connectivity index (χ1n) is 9.24. The molecule has 0 bridgehead atoms. The Morgan fingerprint density at radius 3 is 2.89 bits per heavy atom. The van der Waals surface area contributed by atoms with Gasteiger partial charge in [-0.3, -0.25) is 4.79 Å². The van der Waals surface area contributed by atoms with Gasteiger partial charge in [0.15, 0.2) is 16.6 Å². The number of benzene rings is 1. The molecular formula is C20H20N4O3S. The zero-order valence-electron chi connectivity index (χ0n) is 15.5. The van der Waals surface area contributed by atoms with Crippen LogP contribution in [0.25, 0.3) is 21.0 Å². The predicted molar refractivity (Wildman–Crippen MR) is 106 cm³/mol. The van der Waals surface area contributed by atoms with E-state index in [1.54, 1.807) is 11.3 Å². The van der Waals surface area contributed by atoms with E-state index in [0.29, 0.717) is 42.6 Å². The molecule has 3 aromatic heterocycles. The van der Waals surface area contributed by atoms with Gasteiger partial charge in [-0.15, -0.1) is 11.3 Å². The zero-order chi connectivity index (χ0) is 19.3. The lowest BCUT2D eigenvalue weighted by molar-refractivity contribution is -0.121. The molecule has 7 nitrogen and oxygen atoms in total. The highest BCUT2D eigenvalue weighted by atomic mass is 32.1. The summed E-state index contributed by atoms with van der Waals surface area (Å²) in [7, 11) is 0. The van der Waals surface area contributed by atoms with E-state index in [1.165, 1.54) is 0 Å². The molecule has 1 amide bonds. The Hall–Kier alpha value is -3.00. The van der Waals surface area contributed by atoms with Gasteiger partial charge in [0.25, 0.3) is 0 Å². The van der Waals surface area contributed by atoms with Crippen molar-refractivity contribution in [3.63, 3.8) is 0 Å². The molecule has 0 fully saturated rings. The van der Waals surface area contributed by atoms with Crippen LogP contribution in [0, 0.1) is 0 Å². The van der Waals surface area contributed by atoms with Crippen LogP contribution in [0.3, 0.4) is 0 Å². The first kappa shape index (κ1) is 18.4. The quantitative estimate of drug-likeness (QED) is 0.481. The minimum absolute atomic E-state index is 0.0896. The maximum atomic E-state index is 12.1. The van der Waals surface area contributed by atoms with Gasteiger partial charge >= 0.3 is 0 Å². The van der Waals surface area contributed by atoms with Crippen LogP contribution < -0.4 is 5.32 Å². The molecule has 0 aliphatic rings. The molecule has 0 saturated heterocycles. The van der Waals surface area contributed by atoms with Gasteiger partial charge in [-0.1, -0.05) is 24.2 Å². The highest BCUT2D eigenvalue weighted by molar-refractivity contribution is 7.21. The summed E-state index contributed by atoms with van der Waals surface area (Å²) in [6.07, 6.45) is 2.46. The number of aryl methyl sites for hydroxylation is 2. The third-order valence-corrected chi connectivity index (χ3v) is 5.23. The molecule has 0 unspecified atom stereocenters. The van der Waals surface area contributed by atoms with Gasteiger partial charge in [0, 0.05) is 19.3 Å². The zero-order valence-corrected chi connectivity index (χ0v) is 16.3. The highest BCUT2D eigenvalue weighted by Crippen LogP contribution is 2.31. The molecular weight excluding hydrogens is 376 g/mol. The number of nitrogens with one attached hydrogen (secondary N) is 1. The molecule has 0 spiro atoms. The Balaban J connectivity index is 1.29. The molecule has 28 heavy (non-hydrogen) atoms. The molecule has 144 valence electrons. The number of carbonyl (C=O) groups excluding carboxylic acids is 1. The molecule has 0 aliphatic carbocycles. The topological polar surface area (TPSA) is 94.1 Å². The Kier molecular flexibility index (Phi) is 5.48. The molecule has 1 aromatic carbocycles. The molecule has 8 heteroatoms. The minimum atomic E-state index is -0.0896. The Morgan fingerprint density at radius 1 is 1.14 bits per heavy atom. The van der Waals surface area contributed by atoms with E-state index in [4.69, 9.17) is 8.94 Å². The predicted octanol–water partition coefficient (Wildman–Crippen LogP) is 4.14. The van der Waals surface area contributed by atoms with Crippen LogP contribution >= 0.6 is 11.3 Å². The second kappa shape index (κ2) is 8.35. The van der Waals surface area contributed by atoms with Crippen LogP contribution in [0.4, 0.5) is 0 Å². The third kappa shape index (κ3) is 4.28. The fourth-order valence-corrected chi connectivity index (χ4v) is 3.70. The molecule has 3 heterocycles. The summed E-state index contributed by atoms with van der Waals surface area (Å²) in [5, 5.41) is 7.57. The van der Waals surface area contributed by atoms with Crippen LogP contribution in [0.2, 0.25) is 0 Å². The van der Waals surface area contributed by atoms with E-state index in [9.17, 15) is 4.79 Å². The average molecular weight is 396 g/mol. The normalized spacial score (nSPS) is 11.2. The summed E-state index contributed by atoms with van der Waals surface area (Å²) >= 11 is 1.58. The van der Waals surface area contributed by atoms with Gasteiger partial charge in [-0.05, 0) is 30.7 Å². The van der Waals surface area contributed by atoms with Crippen molar-refractivity contribution in [3.05, 3.63) is 53.9 Å². The average Bonchev–Trinajstić information content (AvgIpc) is 3.43. The number of hydrogen-bond acceptors (Lipinski definition) is 7. The molecule has 0 radical (unpaired) electrons. The SMILES string of the molecule is CCCc1noc(CCC(=O)NCc2ccc(-c3nc4ccccc4s3)o2)n1. The molecule has 4 aromatic rings. The maximum Gasteiger partial charge on any atom is 0.227 e. The van der Waals surface area contributed by atoms with Gasteiger partial charge in [0.05, 0.1) is 16.8 Å². The van der Waals surface area contributed by atoms with Crippen LogP contribution in [0.5, 0.6) is 0 Å². The summed E-state index contributed by atoms with van der Waals surface area (Å²) < 4.78 is 12.1. The lowest BCUT2D eigenvalue weighted by atomic mass is 10.3. The number of hydrogen-bond donors (Lipinski definition) is 1. The van der Waals surface area contributed by atoms with Crippen LogP contribution in [-0.4, -0.2) is 21.0 Å². The number of fused-ring (bicyclic) bond motifs is 1. The van der Waals surface area contributed by atoms with Crippen molar-refractivity contribution in [2.24, 2.45) is 0 Å². The summed E-state index contributed by atoms with van der Waals surface area (Å²) in [5.41, 5.74) is 0.955. The summed E-state index contributed by atoms with van der Waals surface area (Å²) in [6.45, 7) is 2.38. The van der Waals surface area contributed by atoms with Gasteiger partial charge in [0.2, 0.25) is 11.8 Å². The lowest BCUT2D eigenvalue weighted by Crippen LogP contribution is -2.22. The standard InChI is InChI=1S/C20H20N4O3S/c1-2-5-17-23-19(27-24-17)11-10-18(25)21-12-13-8-9-15(26-13)20-22-14-6-3-4-7-16(14)28-20/h3-4,6-9H,2,5,10-12H2,1H3,(H,21,25). The Morgan fingerprint density at radius 2 is 2.04 bits per heavy atom. The van der Waals surface area contributed by atoms with Gasteiger partial charge < -0.3 is 14.3 Å². The molecule has 0 saturated carbocycles. The number of furan rings is 1. The second-order valence-electron chi connectivity index (χ2n) is 6.38. The van der Waals surface area contributed by atoms with Crippen LogP contribution in [0.15, 0.2) is 45.3 Å². The van der Waals surface area contributed by atoms with Crippen molar-refractivity contribution >= 4 is 27.5 Å². The van der Waals surface area contributed by atoms with Gasteiger partial charge in [0.1, 0.15) is 5.76 Å². The monoisotopic (exact) mass is 396 g/mol. The summed E-state index contributed by atoms with van der Waals surface area (Å²) in [4.78, 5) is 20.9. The summed E-state index contributed by atoms with van der Waals surface area (Å²) in [6, 6.07) is 11.7. The molecule has 4 rings (SSSR count). The van der Waals surface area contributed by atoms with Crippen LogP contribution in [-0.2, 0) is 24.2 Å². The maximum absolute atomic E-state index is 12.1. The Labute approximate surface area is 165 Å².